The Morgan fingerprint density at radius 3 is 2.68 bits per heavy atom. The molecule has 3 heterocycles. The molecule has 1 aromatic carbocycles. The Morgan fingerprint density at radius 1 is 1.10 bits per heavy atom. The number of nitrogens with zero attached hydrogens (tertiary/aromatic N) is 5. The summed E-state index contributed by atoms with van der Waals surface area (Å²) in [4.78, 5) is 33.3. The van der Waals surface area contributed by atoms with Gasteiger partial charge in [0.25, 0.3) is 5.56 Å². The van der Waals surface area contributed by atoms with Crippen LogP contribution in [0.25, 0.3) is 29.0 Å². The zero-order valence-corrected chi connectivity index (χ0v) is 16.3. The second-order valence-electron chi connectivity index (χ2n) is 7.16. The van der Waals surface area contributed by atoms with E-state index in [0.717, 1.165) is 12.2 Å². The topological polar surface area (TPSA) is 101 Å². The zero-order chi connectivity index (χ0) is 21.5. The summed E-state index contributed by atoms with van der Waals surface area (Å²) in [6.45, 7) is 1.80. The number of rotatable bonds is 4. The molecular weight excluding hydrogens is 404 g/mol. The molecule has 0 saturated carbocycles. The minimum absolute atomic E-state index is 0.0409. The van der Waals surface area contributed by atoms with Crippen molar-refractivity contribution in [3.63, 3.8) is 0 Å². The highest BCUT2D eigenvalue weighted by Crippen LogP contribution is 2.21. The summed E-state index contributed by atoms with van der Waals surface area (Å²) < 4.78 is 29.3. The SMILES string of the molecule is CC(Nc1ncnc2nc[nH]c12)c1nc2c(c(=O)n1-c1ccccc1)=CC(F)C(F)C=2. The number of para-hydroxylation sites is 1. The summed E-state index contributed by atoms with van der Waals surface area (Å²) in [7, 11) is 0. The van der Waals surface area contributed by atoms with Gasteiger partial charge in [0.15, 0.2) is 23.8 Å². The molecule has 0 radical (unpaired) electrons. The van der Waals surface area contributed by atoms with E-state index in [9.17, 15) is 13.6 Å². The number of anilines is 1. The number of halogens is 2. The predicted molar refractivity (Wildman–Crippen MR) is 112 cm³/mol. The molecule has 10 heteroatoms. The van der Waals surface area contributed by atoms with Crippen molar-refractivity contribution in [3.05, 3.63) is 69.7 Å². The summed E-state index contributed by atoms with van der Waals surface area (Å²) in [6.07, 6.45) is 1.18. The molecule has 156 valence electrons. The third-order valence-electron chi connectivity index (χ3n) is 5.10. The fraction of sp³-hybridized carbons (Fsp3) is 0.190. The average Bonchev–Trinajstić information content (AvgIpc) is 3.25. The van der Waals surface area contributed by atoms with Crippen molar-refractivity contribution in [2.75, 3.05) is 5.32 Å². The second kappa shape index (κ2) is 7.38. The van der Waals surface area contributed by atoms with Crippen molar-refractivity contribution < 1.29 is 8.78 Å². The van der Waals surface area contributed by atoms with Gasteiger partial charge in [0.2, 0.25) is 0 Å². The van der Waals surface area contributed by atoms with Crippen molar-refractivity contribution in [2.24, 2.45) is 0 Å². The minimum atomic E-state index is -1.89. The van der Waals surface area contributed by atoms with Crippen LogP contribution in [0, 0.1) is 0 Å². The number of aromatic nitrogens is 6. The fourth-order valence-electron chi connectivity index (χ4n) is 3.61. The molecule has 3 unspecified atom stereocenters. The molecule has 31 heavy (non-hydrogen) atoms. The second-order valence-corrected chi connectivity index (χ2v) is 7.16. The summed E-state index contributed by atoms with van der Waals surface area (Å²) in [5.41, 5.74) is 1.18. The van der Waals surface area contributed by atoms with Gasteiger partial charge < -0.3 is 10.3 Å². The number of hydrogen-bond acceptors (Lipinski definition) is 6. The van der Waals surface area contributed by atoms with E-state index in [4.69, 9.17) is 0 Å². The van der Waals surface area contributed by atoms with Gasteiger partial charge in [-0.15, -0.1) is 0 Å². The number of nitrogens with one attached hydrogen (secondary N) is 2. The Balaban J connectivity index is 1.71. The van der Waals surface area contributed by atoms with Crippen LogP contribution in [0.2, 0.25) is 0 Å². The first-order chi connectivity index (χ1) is 15.0. The number of H-pyrrole nitrogens is 1. The molecule has 0 saturated heterocycles. The quantitative estimate of drug-likeness (QED) is 0.516. The van der Waals surface area contributed by atoms with E-state index >= 15 is 0 Å². The summed E-state index contributed by atoms with van der Waals surface area (Å²) in [5.74, 6) is 0.805. The van der Waals surface area contributed by atoms with Crippen LogP contribution in [0.1, 0.15) is 18.8 Å². The maximum absolute atomic E-state index is 14.0. The summed E-state index contributed by atoms with van der Waals surface area (Å²) in [6, 6.07) is 8.37. The van der Waals surface area contributed by atoms with Crippen molar-refractivity contribution in [1.82, 2.24) is 29.5 Å². The van der Waals surface area contributed by atoms with Gasteiger partial charge in [-0.05, 0) is 31.2 Å². The molecule has 0 spiro atoms. The van der Waals surface area contributed by atoms with E-state index in [1.165, 1.54) is 17.2 Å². The number of imidazole rings is 1. The van der Waals surface area contributed by atoms with E-state index in [2.05, 4.69) is 30.2 Å². The molecule has 4 aromatic rings. The van der Waals surface area contributed by atoms with Crippen molar-refractivity contribution >= 4 is 29.1 Å². The standard InChI is InChI=1S/C21H17F2N7O/c1-11(28-19-17-18(25-9-24-17)26-10-27-19)20-29-16-8-15(23)14(22)7-13(16)21(31)30(20)12-5-3-2-4-6-12/h2-11,14-15H,1H3,(H2,24,25,26,27,28). The highest BCUT2D eigenvalue weighted by Gasteiger charge is 2.24. The average molecular weight is 421 g/mol. The van der Waals surface area contributed by atoms with Gasteiger partial charge in [-0.3, -0.25) is 9.36 Å². The molecule has 0 bridgehead atoms. The molecule has 1 aliphatic rings. The first kappa shape index (κ1) is 19.0. The Kier molecular flexibility index (Phi) is 4.54. The smallest absolute Gasteiger partial charge is 0.265 e. The molecule has 8 nitrogen and oxygen atoms in total. The highest BCUT2D eigenvalue weighted by atomic mass is 19.2. The Labute approximate surface area is 174 Å². The third-order valence-corrected chi connectivity index (χ3v) is 5.10. The first-order valence-electron chi connectivity index (χ1n) is 9.64. The lowest BCUT2D eigenvalue weighted by Crippen LogP contribution is -2.51. The largest absolute Gasteiger partial charge is 0.358 e. The normalized spacial score (nSPS) is 18.7. The lowest BCUT2D eigenvalue weighted by atomic mass is 10.1. The lowest BCUT2D eigenvalue weighted by molar-refractivity contribution is 0.271. The molecule has 0 amide bonds. The van der Waals surface area contributed by atoms with Gasteiger partial charge >= 0.3 is 0 Å². The van der Waals surface area contributed by atoms with Crippen LogP contribution in [0.4, 0.5) is 14.6 Å². The summed E-state index contributed by atoms with van der Waals surface area (Å²) >= 11 is 0. The van der Waals surface area contributed by atoms with Crippen LogP contribution in [-0.2, 0) is 0 Å². The Hall–Kier alpha value is -3.95. The molecule has 1 aliphatic carbocycles. The van der Waals surface area contributed by atoms with Gasteiger partial charge in [0.1, 0.15) is 17.7 Å². The maximum Gasteiger partial charge on any atom is 0.265 e. The highest BCUT2D eigenvalue weighted by molar-refractivity contribution is 5.82. The van der Waals surface area contributed by atoms with Crippen LogP contribution in [0.5, 0.6) is 0 Å². The van der Waals surface area contributed by atoms with Crippen LogP contribution >= 0.6 is 0 Å². The van der Waals surface area contributed by atoms with Gasteiger partial charge in [-0.2, -0.15) is 0 Å². The van der Waals surface area contributed by atoms with Crippen LogP contribution in [0.3, 0.4) is 0 Å². The monoisotopic (exact) mass is 421 g/mol. The first-order valence-corrected chi connectivity index (χ1v) is 9.64. The number of aromatic amines is 1. The predicted octanol–water partition coefficient (Wildman–Crippen LogP) is 1.32. The van der Waals surface area contributed by atoms with Crippen LogP contribution in [-0.4, -0.2) is 41.8 Å². The molecular formula is C21H17F2N7O. The van der Waals surface area contributed by atoms with E-state index in [1.54, 1.807) is 31.2 Å². The summed E-state index contributed by atoms with van der Waals surface area (Å²) in [5, 5.41) is 3.38. The lowest BCUT2D eigenvalue weighted by Gasteiger charge is -2.20. The minimum Gasteiger partial charge on any atom is -0.358 e. The molecule has 3 aromatic heterocycles. The van der Waals surface area contributed by atoms with Crippen LogP contribution in [0.15, 0.2) is 47.8 Å². The van der Waals surface area contributed by atoms with Gasteiger partial charge in [0, 0.05) is 0 Å². The Morgan fingerprint density at radius 2 is 1.87 bits per heavy atom. The van der Waals surface area contributed by atoms with Gasteiger partial charge in [0.05, 0.1) is 28.6 Å². The van der Waals surface area contributed by atoms with Crippen molar-refractivity contribution in [1.29, 1.82) is 0 Å². The Bertz CT molecular complexity index is 1450. The maximum atomic E-state index is 14.0. The zero-order valence-electron chi connectivity index (χ0n) is 16.3. The van der Waals surface area contributed by atoms with E-state index in [-0.39, 0.29) is 10.6 Å². The third kappa shape index (κ3) is 3.25. The van der Waals surface area contributed by atoms with Gasteiger partial charge in [-0.1, -0.05) is 18.2 Å². The van der Waals surface area contributed by atoms with E-state index in [1.807, 2.05) is 6.07 Å². The molecule has 0 aliphatic heterocycles. The van der Waals surface area contributed by atoms with E-state index < -0.39 is 23.9 Å². The molecule has 3 atom stereocenters. The number of alkyl halides is 2. The number of benzene rings is 1. The number of fused-ring (bicyclic) bond motifs is 2. The molecule has 0 fully saturated rings. The van der Waals surface area contributed by atoms with Crippen LogP contribution < -0.4 is 21.4 Å². The fourth-order valence-corrected chi connectivity index (χ4v) is 3.61. The molecule has 2 N–H and O–H groups in total. The van der Waals surface area contributed by atoms with Crippen molar-refractivity contribution in [2.45, 2.75) is 25.3 Å². The molecule has 5 rings (SSSR count). The number of hydrogen-bond donors (Lipinski definition) is 2. The van der Waals surface area contributed by atoms with Crippen molar-refractivity contribution in [3.8, 4) is 5.69 Å². The van der Waals surface area contributed by atoms with Gasteiger partial charge in [-0.25, -0.2) is 28.7 Å². The van der Waals surface area contributed by atoms with E-state index in [0.29, 0.717) is 28.5 Å².